The molecule has 0 bridgehead atoms. The Hall–Kier alpha value is -1.08. The Bertz CT molecular complexity index is 380. The highest BCUT2D eigenvalue weighted by molar-refractivity contribution is 6.30. The molecule has 0 saturated carbocycles. The van der Waals surface area contributed by atoms with Crippen LogP contribution in [0.5, 0.6) is 0 Å². The molecule has 0 amide bonds. The van der Waals surface area contributed by atoms with Crippen molar-refractivity contribution >= 4 is 11.6 Å². The van der Waals surface area contributed by atoms with E-state index in [1.165, 1.54) is 0 Å². The molecule has 3 nitrogen and oxygen atoms in total. The third-order valence-corrected chi connectivity index (χ3v) is 2.25. The standard InChI is InChI=1S/C10H8ClNO2/c11-8-1-2-9(7(5-8)6-12)10-13-3-4-14-10/h1-2,5,10H,3-4H2. The van der Waals surface area contributed by atoms with Crippen LogP contribution in [0.1, 0.15) is 17.4 Å². The van der Waals surface area contributed by atoms with Gasteiger partial charge >= 0.3 is 0 Å². The first-order chi connectivity index (χ1) is 6.81. The first-order valence-corrected chi connectivity index (χ1v) is 4.62. The maximum absolute atomic E-state index is 8.88. The molecular weight excluding hydrogens is 202 g/mol. The van der Waals surface area contributed by atoms with E-state index in [1.807, 2.05) is 0 Å². The van der Waals surface area contributed by atoms with E-state index in [1.54, 1.807) is 18.2 Å². The minimum atomic E-state index is -0.415. The zero-order chi connectivity index (χ0) is 9.97. The molecule has 2 rings (SSSR count). The SMILES string of the molecule is N#Cc1cc(Cl)ccc1C1OCCO1. The highest BCUT2D eigenvalue weighted by Crippen LogP contribution is 2.27. The number of nitriles is 1. The molecule has 0 atom stereocenters. The Labute approximate surface area is 86.8 Å². The smallest absolute Gasteiger partial charge is 0.185 e. The number of ether oxygens (including phenoxy) is 2. The zero-order valence-electron chi connectivity index (χ0n) is 7.37. The molecule has 72 valence electrons. The molecule has 1 aliphatic rings. The van der Waals surface area contributed by atoms with Crippen molar-refractivity contribution < 1.29 is 9.47 Å². The fraction of sp³-hybridized carbons (Fsp3) is 0.300. The van der Waals surface area contributed by atoms with E-state index >= 15 is 0 Å². The van der Waals surface area contributed by atoms with Crippen molar-refractivity contribution in [3.05, 3.63) is 34.3 Å². The number of hydrogen-bond acceptors (Lipinski definition) is 3. The normalized spacial score (nSPS) is 16.9. The summed E-state index contributed by atoms with van der Waals surface area (Å²) in [6.45, 7) is 1.14. The third-order valence-electron chi connectivity index (χ3n) is 2.01. The molecule has 4 heteroatoms. The van der Waals surface area contributed by atoms with Crippen LogP contribution >= 0.6 is 11.6 Å². The van der Waals surface area contributed by atoms with Crippen LogP contribution in [0.3, 0.4) is 0 Å². The number of halogens is 1. The molecule has 14 heavy (non-hydrogen) atoms. The maximum atomic E-state index is 8.88. The van der Waals surface area contributed by atoms with Crippen LogP contribution in [-0.4, -0.2) is 13.2 Å². The minimum absolute atomic E-state index is 0.415. The van der Waals surface area contributed by atoms with Gasteiger partial charge in [0, 0.05) is 10.6 Å². The van der Waals surface area contributed by atoms with Crippen LogP contribution in [0.2, 0.25) is 5.02 Å². The van der Waals surface area contributed by atoms with Gasteiger partial charge in [0.05, 0.1) is 24.8 Å². The van der Waals surface area contributed by atoms with Gasteiger partial charge in [-0.3, -0.25) is 0 Å². The maximum Gasteiger partial charge on any atom is 0.185 e. The van der Waals surface area contributed by atoms with Gasteiger partial charge in [0.2, 0.25) is 0 Å². The summed E-state index contributed by atoms with van der Waals surface area (Å²) in [6, 6.07) is 7.17. The van der Waals surface area contributed by atoms with Crippen molar-refractivity contribution in [3.63, 3.8) is 0 Å². The largest absolute Gasteiger partial charge is 0.346 e. The lowest BCUT2D eigenvalue weighted by atomic mass is 10.1. The predicted octanol–water partition coefficient (Wildman–Crippen LogP) is 2.26. The molecule has 1 aromatic carbocycles. The summed E-state index contributed by atoms with van der Waals surface area (Å²) in [4.78, 5) is 0. The summed E-state index contributed by atoms with van der Waals surface area (Å²) in [7, 11) is 0. The first kappa shape index (κ1) is 9.47. The monoisotopic (exact) mass is 209 g/mol. The summed E-state index contributed by atoms with van der Waals surface area (Å²) >= 11 is 5.77. The lowest BCUT2D eigenvalue weighted by Gasteiger charge is -2.10. The molecule has 0 aromatic heterocycles. The quantitative estimate of drug-likeness (QED) is 0.713. The average Bonchev–Trinajstić information content (AvgIpc) is 2.70. The van der Waals surface area contributed by atoms with E-state index < -0.39 is 6.29 Å². The van der Waals surface area contributed by atoms with Crippen LogP contribution < -0.4 is 0 Å². The van der Waals surface area contributed by atoms with E-state index in [-0.39, 0.29) is 0 Å². The Morgan fingerprint density at radius 1 is 1.36 bits per heavy atom. The van der Waals surface area contributed by atoms with Gasteiger partial charge in [-0.15, -0.1) is 0 Å². The second-order valence-electron chi connectivity index (χ2n) is 2.92. The Balaban J connectivity index is 2.37. The van der Waals surface area contributed by atoms with Gasteiger partial charge in [-0.1, -0.05) is 17.7 Å². The second-order valence-corrected chi connectivity index (χ2v) is 3.35. The number of nitrogens with zero attached hydrogens (tertiary/aromatic N) is 1. The molecular formula is C10H8ClNO2. The van der Waals surface area contributed by atoms with Crippen LogP contribution in [-0.2, 0) is 9.47 Å². The van der Waals surface area contributed by atoms with Crippen molar-refractivity contribution in [1.82, 2.24) is 0 Å². The zero-order valence-corrected chi connectivity index (χ0v) is 8.12. The molecule has 1 aromatic rings. The van der Waals surface area contributed by atoms with E-state index in [9.17, 15) is 0 Å². The summed E-state index contributed by atoms with van der Waals surface area (Å²) in [5.41, 5.74) is 1.25. The van der Waals surface area contributed by atoms with Gasteiger partial charge in [0.25, 0.3) is 0 Å². The molecule has 1 saturated heterocycles. The Morgan fingerprint density at radius 3 is 2.71 bits per heavy atom. The minimum Gasteiger partial charge on any atom is -0.346 e. The van der Waals surface area contributed by atoms with Gasteiger partial charge in [0.15, 0.2) is 6.29 Å². The second kappa shape index (κ2) is 3.97. The summed E-state index contributed by atoms with van der Waals surface area (Å²) in [6.07, 6.45) is -0.415. The van der Waals surface area contributed by atoms with Gasteiger partial charge in [-0.2, -0.15) is 5.26 Å². The molecule has 1 heterocycles. The van der Waals surface area contributed by atoms with E-state index in [0.29, 0.717) is 23.8 Å². The van der Waals surface area contributed by atoms with Crippen LogP contribution in [0.15, 0.2) is 18.2 Å². The predicted molar refractivity (Wildman–Crippen MR) is 50.8 cm³/mol. The molecule has 0 N–H and O–H groups in total. The van der Waals surface area contributed by atoms with Crippen LogP contribution in [0.25, 0.3) is 0 Å². The highest BCUT2D eigenvalue weighted by atomic mass is 35.5. The first-order valence-electron chi connectivity index (χ1n) is 4.24. The highest BCUT2D eigenvalue weighted by Gasteiger charge is 2.21. The van der Waals surface area contributed by atoms with Crippen LogP contribution in [0.4, 0.5) is 0 Å². The van der Waals surface area contributed by atoms with Gasteiger partial charge in [-0.25, -0.2) is 0 Å². The van der Waals surface area contributed by atoms with E-state index in [0.717, 1.165) is 5.56 Å². The molecule has 1 fully saturated rings. The number of rotatable bonds is 1. The van der Waals surface area contributed by atoms with Crippen molar-refractivity contribution in [2.75, 3.05) is 13.2 Å². The third kappa shape index (κ3) is 1.73. The summed E-state index contributed by atoms with van der Waals surface area (Å²) < 4.78 is 10.6. The van der Waals surface area contributed by atoms with Crippen molar-refractivity contribution in [2.24, 2.45) is 0 Å². The lowest BCUT2D eigenvalue weighted by molar-refractivity contribution is -0.0442. The van der Waals surface area contributed by atoms with Crippen LogP contribution in [0, 0.1) is 11.3 Å². The van der Waals surface area contributed by atoms with E-state index in [2.05, 4.69) is 6.07 Å². The van der Waals surface area contributed by atoms with Gasteiger partial charge in [-0.05, 0) is 12.1 Å². The van der Waals surface area contributed by atoms with Crippen molar-refractivity contribution in [2.45, 2.75) is 6.29 Å². The molecule has 0 radical (unpaired) electrons. The molecule has 0 unspecified atom stereocenters. The summed E-state index contributed by atoms with van der Waals surface area (Å²) in [5, 5.41) is 9.43. The molecule has 0 aliphatic carbocycles. The van der Waals surface area contributed by atoms with Crippen molar-refractivity contribution in [3.8, 4) is 6.07 Å². The molecule has 1 aliphatic heterocycles. The lowest BCUT2D eigenvalue weighted by Crippen LogP contribution is -2.00. The van der Waals surface area contributed by atoms with Gasteiger partial charge < -0.3 is 9.47 Å². The fourth-order valence-corrected chi connectivity index (χ4v) is 1.54. The Morgan fingerprint density at radius 2 is 2.07 bits per heavy atom. The van der Waals surface area contributed by atoms with Gasteiger partial charge in [0.1, 0.15) is 0 Å². The fourth-order valence-electron chi connectivity index (χ4n) is 1.37. The number of hydrogen-bond donors (Lipinski definition) is 0. The number of benzene rings is 1. The summed E-state index contributed by atoms with van der Waals surface area (Å²) in [5.74, 6) is 0. The van der Waals surface area contributed by atoms with Crippen molar-refractivity contribution in [1.29, 1.82) is 5.26 Å². The Kier molecular flexibility index (Phi) is 2.69. The topological polar surface area (TPSA) is 42.2 Å². The average molecular weight is 210 g/mol. The molecule has 0 spiro atoms. The van der Waals surface area contributed by atoms with E-state index in [4.69, 9.17) is 26.3 Å².